The molecule has 2 N–H and O–H groups in total. The molecule has 1 rings (SSSR count). The van der Waals surface area contributed by atoms with Crippen LogP contribution < -0.4 is 5.32 Å². The molecule has 1 saturated heterocycles. The van der Waals surface area contributed by atoms with E-state index in [0.29, 0.717) is 12.6 Å². The van der Waals surface area contributed by atoms with Crippen molar-refractivity contribution in [1.29, 1.82) is 0 Å². The minimum atomic E-state index is -0.585. The van der Waals surface area contributed by atoms with Crippen LogP contribution in [0, 0.1) is 0 Å². The molecule has 0 aromatic rings. The molecule has 14 heavy (non-hydrogen) atoms. The van der Waals surface area contributed by atoms with Crippen molar-refractivity contribution in [3.63, 3.8) is 0 Å². The lowest BCUT2D eigenvalue weighted by Gasteiger charge is -2.23. The SMILES string of the molecule is CN1CCCC(NCC(C)(C)O)CC1. The van der Waals surface area contributed by atoms with Gasteiger partial charge < -0.3 is 15.3 Å². The minimum Gasteiger partial charge on any atom is -0.389 e. The van der Waals surface area contributed by atoms with Gasteiger partial charge in [-0.3, -0.25) is 0 Å². The molecular formula is C11H24N2O. The molecule has 0 aliphatic carbocycles. The third-order valence-electron chi connectivity index (χ3n) is 2.78. The van der Waals surface area contributed by atoms with E-state index in [0.717, 1.165) is 0 Å². The van der Waals surface area contributed by atoms with Gasteiger partial charge in [-0.2, -0.15) is 0 Å². The van der Waals surface area contributed by atoms with Gasteiger partial charge in [0.1, 0.15) is 0 Å². The lowest BCUT2D eigenvalue weighted by molar-refractivity contribution is 0.0757. The topological polar surface area (TPSA) is 35.5 Å². The fourth-order valence-electron chi connectivity index (χ4n) is 1.84. The van der Waals surface area contributed by atoms with Crippen LogP contribution in [0.1, 0.15) is 33.1 Å². The predicted octanol–water partition coefficient (Wildman–Crippen LogP) is 0.831. The van der Waals surface area contributed by atoms with Crippen molar-refractivity contribution in [1.82, 2.24) is 10.2 Å². The maximum atomic E-state index is 9.60. The first-order valence-corrected chi connectivity index (χ1v) is 5.62. The molecule has 3 nitrogen and oxygen atoms in total. The number of rotatable bonds is 3. The van der Waals surface area contributed by atoms with E-state index in [2.05, 4.69) is 17.3 Å². The molecule has 3 heteroatoms. The number of nitrogens with one attached hydrogen (secondary N) is 1. The highest BCUT2D eigenvalue weighted by molar-refractivity contribution is 4.77. The van der Waals surface area contributed by atoms with Crippen molar-refractivity contribution in [3.8, 4) is 0 Å². The van der Waals surface area contributed by atoms with Crippen molar-refractivity contribution in [2.75, 3.05) is 26.7 Å². The Balaban J connectivity index is 2.24. The zero-order chi connectivity index (χ0) is 10.6. The van der Waals surface area contributed by atoms with Crippen LogP contribution >= 0.6 is 0 Å². The molecule has 0 aromatic heterocycles. The summed E-state index contributed by atoms with van der Waals surface area (Å²) >= 11 is 0. The zero-order valence-corrected chi connectivity index (χ0v) is 9.71. The molecule has 0 spiro atoms. The first kappa shape index (κ1) is 12.0. The van der Waals surface area contributed by atoms with Gasteiger partial charge in [0.05, 0.1) is 5.60 Å². The Morgan fingerprint density at radius 1 is 1.36 bits per heavy atom. The second-order valence-electron chi connectivity index (χ2n) is 5.12. The Kier molecular flexibility index (Phi) is 4.35. The van der Waals surface area contributed by atoms with Gasteiger partial charge >= 0.3 is 0 Å². The maximum Gasteiger partial charge on any atom is 0.0715 e. The van der Waals surface area contributed by atoms with Crippen LogP contribution in [-0.4, -0.2) is 48.3 Å². The van der Waals surface area contributed by atoms with Gasteiger partial charge in [-0.05, 0) is 53.2 Å². The van der Waals surface area contributed by atoms with Crippen LogP contribution in [0.4, 0.5) is 0 Å². The van der Waals surface area contributed by atoms with Crippen LogP contribution in [0.2, 0.25) is 0 Å². The lowest BCUT2D eigenvalue weighted by Crippen LogP contribution is -2.40. The molecule has 0 saturated carbocycles. The predicted molar refractivity (Wildman–Crippen MR) is 59.4 cm³/mol. The first-order valence-electron chi connectivity index (χ1n) is 5.62. The standard InChI is InChI=1S/C11H24N2O/c1-11(2,14)9-12-10-5-4-7-13(3)8-6-10/h10,12,14H,4-9H2,1-3H3. The molecule has 0 radical (unpaired) electrons. The summed E-state index contributed by atoms with van der Waals surface area (Å²) < 4.78 is 0. The Hall–Kier alpha value is -0.120. The number of hydrogen-bond donors (Lipinski definition) is 2. The summed E-state index contributed by atoms with van der Waals surface area (Å²) in [5.74, 6) is 0. The van der Waals surface area contributed by atoms with Crippen molar-refractivity contribution < 1.29 is 5.11 Å². The van der Waals surface area contributed by atoms with E-state index < -0.39 is 5.60 Å². The van der Waals surface area contributed by atoms with E-state index in [1.165, 1.54) is 32.4 Å². The molecule has 1 heterocycles. The van der Waals surface area contributed by atoms with Gasteiger partial charge in [-0.15, -0.1) is 0 Å². The van der Waals surface area contributed by atoms with Crippen LogP contribution in [-0.2, 0) is 0 Å². The molecule has 0 aromatic carbocycles. The average Bonchev–Trinajstić information content (AvgIpc) is 2.25. The highest BCUT2D eigenvalue weighted by atomic mass is 16.3. The number of aliphatic hydroxyl groups is 1. The largest absolute Gasteiger partial charge is 0.389 e. The minimum absolute atomic E-state index is 0.585. The fourth-order valence-corrected chi connectivity index (χ4v) is 1.84. The number of hydrogen-bond acceptors (Lipinski definition) is 3. The summed E-state index contributed by atoms with van der Waals surface area (Å²) in [4.78, 5) is 2.38. The molecular weight excluding hydrogens is 176 g/mol. The molecule has 84 valence electrons. The van der Waals surface area contributed by atoms with Crippen molar-refractivity contribution in [3.05, 3.63) is 0 Å². The molecule has 1 unspecified atom stereocenters. The summed E-state index contributed by atoms with van der Waals surface area (Å²) in [5.41, 5.74) is -0.585. The molecule has 0 bridgehead atoms. The van der Waals surface area contributed by atoms with Crippen molar-refractivity contribution >= 4 is 0 Å². The molecule has 1 aliphatic heterocycles. The van der Waals surface area contributed by atoms with E-state index in [1.807, 2.05) is 13.8 Å². The van der Waals surface area contributed by atoms with Gasteiger partial charge in [0.25, 0.3) is 0 Å². The third-order valence-corrected chi connectivity index (χ3v) is 2.78. The Bertz CT molecular complexity index is 165. The van der Waals surface area contributed by atoms with Gasteiger partial charge in [0.15, 0.2) is 0 Å². The highest BCUT2D eigenvalue weighted by Gasteiger charge is 2.18. The molecule has 1 aliphatic rings. The number of nitrogens with zero attached hydrogens (tertiary/aromatic N) is 1. The summed E-state index contributed by atoms with van der Waals surface area (Å²) in [6.07, 6.45) is 3.70. The number of likely N-dealkylation sites (tertiary alicyclic amines) is 1. The summed E-state index contributed by atoms with van der Waals surface area (Å²) in [6, 6.07) is 0.589. The second-order valence-corrected chi connectivity index (χ2v) is 5.12. The quantitative estimate of drug-likeness (QED) is 0.708. The van der Waals surface area contributed by atoms with Crippen molar-refractivity contribution in [2.45, 2.75) is 44.8 Å². The van der Waals surface area contributed by atoms with Crippen LogP contribution in [0.5, 0.6) is 0 Å². The monoisotopic (exact) mass is 200 g/mol. The van der Waals surface area contributed by atoms with Gasteiger partial charge in [-0.1, -0.05) is 0 Å². The van der Waals surface area contributed by atoms with Gasteiger partial charge in [-0.25, -0.2) is 0 Å². The summed E-state index contributed by atoms with van der Waals surface area (Å²) in [7, 11) is 2.18. The van der Waals surface area contributed by atoms with Gasteiger partial charge in [0, 0.05) is 12.6 Å². The second kappa shape index (κ2) is 5.10. The Labute approximate surface area is 87.5 Å². The smallest absolute Gasteiger partial charge is 0.0715 e. The third kappa shape index (κ3) is 4.94. The zero-order valence-electron chi connectivity index (χ0n) is 9.71. The molecule has 1 fully saturated rings. The fraction of sp³-hybridized carbons (Fsp3) is 1.00. The van der Waals surface area contributed by atoms with E-state index in [4.69, 9.17) is 0 Å². The van der Waals surface area contributed by atoms with E-state index >= 15 is 0 Å². The Morgan fingerprint density at radius 2 is 2.07 bits per heavy atom. The maximum absolute atomic E-state index is 9.60. The van der Waals surface area contributed by atoms with E-state index in [1.54, 1.807) is 0 Å². The normalized spacial score (nSPS) is 26.1. The molecule has 1 atom stereocenters. The summed E-state index contributed by atoms with van der Waals surface area (Å²) in [6.45, 7) is 6.78. The van der Waals surface area contributed by atoms with Crippen LogP contribution in [0.15, 0.2) is 0 Å². The van der Waals surface area contributed by atoms with Crippen LogP contribution in [0.3, 0.4) is 0 Å². The lowest BCUT2D eigenvalue weighted by atomic mass is 10.1. The van der Waals surface area contributed by atoms with E-state index in [9.17, 15) is 5.11 Å². The summed E-state index contributed by atoms with van der Waals surface area (Å²) in [5, 5.41) is 13.0. The van der Waals surface area contributed by atoms with E-state index in [-0.39, 0.29) is 0 Å². The van der Waals surface area contributed by atoms with Crippen LogP contribution in [0.25, 0.3) is 0 Å². The molecule has 0 amide bonds. The average molecular weight is 200 g/mol. The highest BCUT2D eigenvalue weighted by Crippen LogP contribution is 2.10. The Morgan fingerprint density at radius 3 is 2.71 bits per heavy atom. The van der Waals surface area contributed by atoms with Crippen molar-refractivity contribution in [2.24, 2.45) is 0 Å². The first-order chi connectivity index (χ1) is 6.47. The van der Waals surface area contributed by atoms with Gasteiger partial charge in [0.2, 0.25) is 0 Å².